The number of aryl methyl sites for hydroxylation is 1. The average Bonchev–Trinajstić information content (AvgIpc) is 2.60. The maximum absolute atomic E-state index is 4.55. The van der Waals surface area contributed by atoms with Crippen molar-refractivity contribution >= 4 is 23.1 Å². The van der Waals surface area contributed by atoms with Crippen LogP contribution in [0.1, 0.15) is 38.4 Å². The lowest BCUT2D eigenvalue weighted by Crippen LogP contribution is -2.34. The monoisotopic (exact) mass is 272 g/mol. The van der Waals surface area contributed by atoms with Gasteiger partial charge in [-0.05, 0) is 13.5 Å². The number of likely N-dealkylation sites (N-methyl/N-ethyl adjacent to an activating group) is 1. The Kier molecular flexibility index (Phi) is 5.97. The van der Waals surface area contributed by atoms with E-state index in [1.54, 1.807) is 11.3 Å². The molecular formula is C13H24N2S2. The van der Waals surface area contributed by atoms with Crippen LogP contribution in [0, 0.1) is 6.92 Å². The summed E-state index contributed by atoms with van der Waals surface area (Å²) in [5.74, 6) is 1.15. The zero-order chi connectivity index (χ0) is 12.9. The van der Waals surface area contributed by atoms with Crippen LogP contribution < -0.4 is 5.32 Å². The maximum Gasteiger partial charge on any atom is 0.0897 e. The molecule has 1 rings (SSSR count). The molecule has 0 aliphatic carbocycles. The quantitative estimate of drug-likeness (QED) is 0.858. The van der Waals surface area contributed by atoms with Gasteiger partial charge in [-0.2, -0.15) is 11.8 Å². The number of hydrogen-bond acceptors (Lipinski definition) is 4. The molecule has 0 radical (unpaired) electrons. The van der Waals surface area contributed by atoms with Crippen LogP contribution in [0.15, 0.2) is 5.38 Å². The van der Waals surface area contributed by atoms with Crippen molar-refractivity contribution in [2.45, 2.75) is 51.8 Å². The van der Waals surface area contributed by atoms with Crippen LogP contribution in [0.5, 0.6) is 0 Å². The molecule has 1 heterocycles. The van der Waals surface area contributed by atoms with Gasteiger partial charge in [-0.25, -0.2) is 4.98 Å². The van der Waals surface area contributed by atoms with Crippen molar-refractivity contribution in [3.05, 3.63) is 16.1 Å². The summed E-state index contributed by atoms with van der Waals surface area (Å²) in [5.41, 5.74) is 1.23. The van der Waals surface area contributed by atoms with Gasteiger partial charge >= 0.3 is 0 Å². The van der Waals surface area contributed by atoms with Crippen LogP contribution >= 0.6 is 23.1 Å². The normalized spacial score (nSPS) is 13.9. The smallest absolute Gasteiger partial charge is 0.0897 e. The Morgan fingerprint density at radius 2 is 2.18 bits per heavy atom. The van der Waals surface area contributed by atoms with Crippen molar-refractivity contribution in [3.8, 4) is 0 Å². The van der Waals surface area contributed by atoms with Gasteiger partial charge in [0.25, 0.3) is 0 Å². The second kappa shape index (κ2) is 6.76. The number of rotatable bonds is 6. The Morgan fingerprint density at radius 3 is 2.65 bits per heavy atom. The molecule has 1 atom stereocenters. The number of aromatic nitrogens is 1. The molecule has 0 saturated heterocycles. The molecule has 0 fully saturated rings. The Labute approximate surface area is 114 Å². The molecule has 1 aromatic rings. The van der Waals surface area contributed by atoms with E-state index in [2.05, 4.69) is 50.3 Å². The predicted octanol–water partition coefficient (Wildman–Crippen LogP) is 3.50. The van der Waals surface area contributed by atoms with Gasteiger partial charge in [0.2, 0.25) is 0 Å². The molecule has 0 saturated carbocycles. The van der Waals surface area contributed by atoms with E-state index in [1.165, 1.54) is 10.7 Å². The SMILES string of the molecule is CCNC(CSC(C)(C)C)Cc1csc(C)n1. The minimum Gasteiger partial charge on any atom is -0.313 e. The van der Waals surface area contributed by atoms with Crippen molar-refractivity contribution in [1.82, 2.24) is 10.3 Å². The van der Waals surface area contributed by atoms with Gasteiger partial charge in [0.15, 0.2) is 0 Å². The van der Waals surface area contributed by atoms with Crippen LogP contribution in [0.3, 0.4) is 0 Å². The number of hydrogen-bond donors (Lipinski definition) is 1. The van der Waals surface area contributed by atoms with Crippen molar-refractivity contribution in [3.63, 3.8) is 0 Å². The van der Waals surface area contributed by atoms with Crippen molar-refractivity contribution in [2.24, 2.45) is 0 Å². The van der Waals surface area contributed by atoms with Gasteiger partial charge in [0.05, 0.1) is 10.7 Å². The lowest BCUT2D eigenvalue weighted by Gasteiger charge is -2.23. The molecular weight excluding hydrogens is 248 g/mol. The largest absolute Gasteiger partial charge is 0.313 e. The summed E-state index contributed by atoms with van der Waals surface area (Å²) in [6.07, 6.45) is 1.04. The van der Waals surface area contributed by atoms with Gasteiger partial charge in [0.1, 0.15) is 0 Å². The fourth-order valence-corrected chi connectivity index (χ4v) is 3.15. The molecule has 1 aromatic heterocycles. The molecule has 2 nitrogen and oxygen atoms in total. The summed E-state index contributed by atoms with van der Waals surface area (Å²) in [6.45, 7) is 12.1. The molecule has 17 heavy (non-hydrogen) atoms. The topological polar surface area (TPSA) is 24.9 Å². The Hall–Kier alpha value is -0.0600. The van der Waals surface area contributed by atoms with Gasteiger partial charge in [-0.3, -0.25) is 0 Å². The molecule has 4 heteroatoms. The second-order valence-electron chi connectivity index (χ2n) is 5.24. The summed E-state index contributed by atoms with van der Waals surface area (Å²) in [7, 11) is 0. The summed E-state index contributed by atoms with van der Waals surface area (Å²) >= 11 is 3.76. The first kappa shape index (κ1) is 15.0. The first-order valence-electron chi connectivity index (χ1n) is 6.19. The summed E-state index contributed by atoms with van der Waals surface area (Å²) in [4.78, 5) is 4.55. The molecule has 0 aliphatic rings. The van der Waals surface area contributed by atoms with E-state index in [9.17, 15) is 0 Å². The number of nitrogens with one attached hydrogen (secondary N) is 1. The van der Waals surface area contributed by atoms with E-state index in [1.807, 2.05) is 11.8 Å². The highest BCUT2D eigenvalue weighted by Crippen LogP contribution is 2.24. The summed E-state index contributed by atoms with van der Waals surface area (Å²) in [6, 6.07) is 0.533. The van der Waals surface area contributed by atoms with E-state index < -0.39 is 0 Å². The zero-order valence-electron chi connectivity index (χ0n) is 11.5. The molecule has 0 aliphatic heterocycles. The van der Waals surface area contributed by atoms with Crippen LogP contribution in [0.2, 0.25) is 0 Å². The van der Waals surface area contributed by atoms with Crippen LogP contribution in [-0.2, 0) is 6.42 Å². The molecule has 98 valence electrons. The molecule has 1 unspecified atom stereocenters. The van der Waals surface area contributed by atoms with Gasteiger partial charge in [-0.1, -0.05) is 27.7 Å². The van der Waals surface area contributed by atoms with E-state index in [0.717, 1.165) is 18.7 Å². The lowest BCUT2D eigenvalue weighted by molar-refractivity contribution is 0.565. The average molecular weight is 272 g/mol. The van der Waals surface area contributed by atoms with Crippen LogP contribution in [-0.4, -0.2) is 28.1 Å². The van der Waals surface area contributed by atoms with E-state index >= 15 is 0 Å². The molecule has 0 amide bonds. The second-order valence-corrected chi connectivity index (χ2v) is 8.15. The van der Waals surface area contributed by atoms with Gasteiger partial charge in [0, 0.05) is 28.3 Å². The molecule has 1 N–H and O–H groups in total. The number of thiazole rings is 1. The van der Waals surface area contributed by atoms with Crippen molar-refractivity contribution < 1.29 is 0 Å². The number of nitrogens with zero attached hydrogens (tertiary/aromatic N) is 1. The van der Waals surface area contributed by atoms with Crippen molar-refractivity contribution in [2.75, 3.05) is 12.3 Å². The minimum absolute atomic E-state index is 0.339. The third-order valence-corrected chi connectivity index (χ3v) is 4.59. The first-order chi connectivity index (χ1) is 7.90. The third-order valence-electron chi connectivity index (χ3n) is 2.33. The summed E-state index contributed by atoms with van der Waals surface area (Å²) < 4.78 is 0.339. The van der Waals surface area contributed by atoms with E-state index in [4.69, 9.17) is 0 Å². The summed E-state index contributed by atoms with van der Waals surface area (Å²) in [5, 5.41) is 6.90. The Bertz CT molecular complexity index is 328. The van der Waals surface area contributed by atoms with E-state index in [0.29, 0.717) is 10.8 Å². The standard InChI is InChI=1S/C13H24N2S2/c1-6-14-11(9-17-13(3,4)5)7-12-8-16-10(2)15-12/h8,11,14H,6-7,9H2,1-5H3. The number of thioether (sulfide) groups is 1. The van der Waals surface area contributed by atoms with Gasteiger partial charge in [-0.15, -0.1) is 11.3 Å². The Balaban J connectivity index is 2.48. The first-order valence-corrected chi connectivity index (χ1v) is 8.05. The zero-order valence-corrected chi connectivity index (χ0v) is 13.2. The van der Waals surface area contributed by atoms with Crippen molar-refractivity contribution in [1.29, 1.82) is 0 Å². The molecule has 0 aromatic carbocycles. The highest BCUT2D eigenvalue weighted by atomic mass is 32.2. The third kappa shape index (κ3) is 6.43. The molecule has 0 bridgehead atoms. The fourth-order valence-electron chi connectivity index (χ4n) is 1.58. The van der Waals surface area contributed by atoms with Crippen LogP contribution in [0.4, 0.5) is 0 Å². The minimum atomic E-state index is 0.339. The van der Waals surface area contributed by atoms with Gasteiger partial charge < -0.3 is 5.32 Å². The van der Waals surface area contributed by atoms with E-state index in [-0.39, 0.29) is 0 Å². The molecule has 0 spiro atoms. The predicted molar refractivity (Wildman–Crippen MR) is 80.2 cm³/mol. The fraction of sp³-hybridized carbons (Fsp3) is 0.769. The highest BCUT2D eigenvalue weighted by Gasteiger charge is 2.16. The lowest BCUT2D eigenvalue weighted by atomic mass is 10.2. The maximum atomic E-state index is 4.55. The Morgan fingerprint density at radius 1 is 1.47 bits per heavy atom. The highest BCUT2D eigenvalue weighted by molar-refractivity contribution is 8.00. The van der Waals surface area contributed by atoms with Crippen LogP contribution in [0.25, 0.3) is 0 Å².